The third-order valence-corrected chi connectivity index (χ3v) is 9.98. The summed E-state index contributed by atoms with van der Waals surface area (Å²) in [5, 5.41) is 19.9. The Hall–Kier alpha value is -0.550. The lowest BCUT2D eigenvalue weighted by atomic mass is 9.46. The highest BCUT2D eigenvalue weighted by molar-refractivity contribution is 5.26. The Morgan fingerprint density at radius 1 is 1.07 bits per heavy atom. The first-order valence-electron chi connectivity index (χ1n) is 12.0. The first kappa shape index (κ1) is 22.6. The third-order valence-electron chi connectivity index (χ3n) is 9.98. The van der Waals surface area contributed by atoms with Gasteiger partial charge in [-0.15, -0.1) is 0 Å². The molecule has 2 nitrogen and oxygen atoms in total. The number of rotatable bonds is 4. The highest BCUT2D eigenvalue weighted by Gasteiger charge is 2.58. The van der Waals surface area contributed by atoms with Crippen LogP contribution in [-0.4, -0.2) is 28.1 Å². The van der Waals surface area contributed by atoms with E-state index in [2.05, 4.69) is 19.9 Å². The zero-order chi connectivity index (χ0) is 21.9. The molecule has 0 saturated heterocycles. The summed E-state index contributed by atoms with van der Waals surface area (Å²) < 4.78 is 37.9. The van der Waals surface area contributed by atoms with E-state index in [1.54, 1.807) is 0 Å². The fourth-order valence-electron chi connectivity index (χ4n) is 8.11. The topological polar surface area (TPSA) is 40.5 Å². The van der Waals surface area contributed by atoms with E-state index in [1.165, 1.54) is 24.8 Å². The Kier molecular flexibility index (Phi) is 5.66. The van der Waals surface area contributed by atoms with Crippen LogP contribution in [0, 0.1) is 34.5 Å². The van der Waals surface area contributed by atoms with Gasteiger partial charge >= 0.3 is 6.18 Å². The van der Waals surface area contributed by atoms with Gasteiger partial charge in [-0.3, -0.25) is 0 Å². The second kappa shape index (κ2) is 7.50. The van der Waals surface area contributed by atoms with Crippen LogP contribution in [0.4, 0.5) is 13.2 Å². The molecule has 0 radical (unpaired) electrons. The molecule has 0 aliphatic heterocycles. The van der Waals surface area contributed by atoms with Gasteiger partial charge in [-0.1, -0.05) is 31.9 Å². The van der Waals surface area contributed by atoms with Crippen LogP contribution in [0.1, 0.15) is 91.4 Å². The molecule has 172 valence electrons. The predicted octanol–water partition coefficient (Wildman–Crippen LogP) is 6.41. The average molecular weight is 429 g/mol. The van der Waals surface area contributed by atoms with Gasteiger partial charge in [0.25, 0.3) is 0 Å². The van der Waals surface area contributed by atoms with Crippen LogP contribution in [0.25, 0.3) is 0 Å². The van der Waals surface area contributed by atoms with E-state index in [9.17, 15) is 23.4 Å². The highest BCUT2D eigenvalue weighted by atomic mass is 19.4. The second-order valence-corrected chi connectivity index (χ2v) is 11.7. The molecule has 30 heavy (non-hydrogen) atoms. The summed E-state index contributed by atoms with van der Waals surface area (Å²) in [7, 11) is 0. The van der Waals surface area contributed by atoms with Crippen molar-refractivity contribution in [2.24, 2.45) is 34.5 Å². The minimum Gasteiger partial charge on any atom is -0.390 e. The molecule has 2 N–H and O–H groups in total. The summed E-state index contributed by atoms with van der Waals surface area (Å²) in [6, 6.07) is 0. The molecule has 0 heterocycles. The summed E-state index contributed by atoms with van der Waals surface area (Å²) in [5.41, 5.74) is 1.34. The Labute approximate surface area is 179 Å². The zero-order valence-corrected chi connectivity index (χ0v) is 18.8. The molecule has 0 unspecified atom stereocenters. The van der Waals surface area contributed by atoms with E-state index in [4.69, 9.17) is 0 Å². The number of allylic oxidation sites excluding steroid dienone is 1. The lowest BCUT2D eigenvalue weighted by Gasteiger charge is -2.59. The van der Waals surface area contributed by atoms with Crippen LogP contribution in [-0.2, 0) is 0 Å². The summed E-state index contributed by atoms with van der Waals surface area (Å²) in [6.45, 7) is 6.80. The number of halogens is 3. The van der Waals surface area contributed by atoms with E-state index >= 15 is 0 Å². The molecule has 5 heteroatoms. The van der Waals surface area contributed by atoms with E-state index in [-0.39, 0.29) is 17.3 Å². The van der Waals surface area contributed by atoms with Gasteiger partial charge in [0, 0.05) is 0 Å². The fourth-order valence-corrected chi connectivity index (χ4v) is 8.11. The first-order valence-corrected chi connectivity index (χ1v) is 12.0. The van der Waals surface area contributed by atoms with Crippen LogP contribution in [0.5, 0.6) is 0 Å². The van der Waals surface area contributed by atoms with Gasteiger partial charge in [0.2, 0.25) is 0 Å². The number of fused-ring (bicyclic) bond motifs is 5. The number of hydrogen-bond donors (Lipinski definition) is 2. The SMILES string of the molecule is C[C@]1(O)CC[C@@]2(C)C(=CC[C@H]3[C@@H]4CC[C@H](CCC[C@@H](O)C(F)(F)F)[C@@]4(C)CC[C@@H]32)C1. The second-order valence-electron chi connectivity index (χ2n) is 11.7. The van der Waals surface area contributed by atoms with Crippen molar-refractivity contribution in [2.45, 2.75) is 109 Å². The largest absolute Gasteiger partial charge is 0.414 e. The Morgan fingerprint density at radius 2 is 1.80 bits per heavy atom. The van der Waals surface area contributed by atoms with Crippen LogP contribution in [0.15, 0.2) is 11.6 Å². The Bertz CT molecular complexity index is 684. The quantitative estimate of drug-likeness (QED) is 0.508. The smallest absolute Gasteiger partial charge is 0.390 e. The summed E-state index contributed by atoms with van der Waals surface area (Å²) >= 11 is 0. The fraction of sp³-hybridized carbons (Fsp3) is 0.920. The maximum absolute atomic E-state index is 12.6. The molecule has 4 aliphatic rings. The van der Waals surface area contributed by atoms with Crippen molar-refractivity contribution in [3.63, 3.8) is 0 Å². The monoisotopic (exact) mass is 428 g/mol. The molecule has 0 aromatic rings. The number of aliphatic hydroxyl groups excluding tert-OH is 1. The molecular weight excluding hydrogens is 389 g/mol. The maximum Gasteiger partial charge on any atom is 0.414 e. The van der Waals surface area contributed by atoms with E-state index in [0.29, 0.717) is 30.1 Å². The van der Waals surface area contributed by atoms with Crippen molar-refractivity contribution < 1.29 is 23.4 Å². The number of hydrogen-bond acceptors (Lipinski definition) is 2. The Morgan fingerprint density at radius 3 is 2.50 bits per heavy atom. The van der Waals surface area contributed by atoms with Crippen molar-refractivity contribution in [2.75, 3.05) is 0 Å². The highest BCUT2D eigenvalue weighted by Crippen LogP contribution is 2.67. The molecule has 4 rings (SSSR count). The molecular formula is C25H39F3O2. The lowest BCUT2D eigenvalue weighted by Crippen LogP contribution is -2.51. The van der Waals surface area contributed by atoms with Gasteiger partial charge in [0.15, 0.2) is 0 Å². The standard InChI is InChI=1S/C25H39F3O2/c1-22(30)13-14-24(3)17(15-22)7-9-18-19-10-8-16(23(19,2)12-11-20(18)24)5-4-6-21(29)25(26,27)28/h7,16,18-21,29-30H,4-6,8-15H2,1-3H3/t16-,18-,19-,20-,21+,22-,23+,24-/m0/s1. The van der Waals surface area contributed by atoms with Crippen LogP contribution < -0.4 is 0 Å². The number of aliphatic hydroxyl groups is 2. The van der Waals surface area contributed by atoms with E-state index in [0.717, 1.165) is 38.5 Å². The maximum atomic E-state index is 12.6. The molecule has 0 amide bonds. The van der Waals surface area contributed by atoms with Crippen molar-refractivity contribution in [1.82, 2.24) is 0 Å². The minimum absolute atomic E-state index is 0.170. The molecule has 4 aliphatic carbocycles. The minimum atomic E-state index is -4.49. The number of alkyl halides is 3. The zero-order valence-electron chi connectivity index (χ0n) is 18.8. The van der Waals surface area contributed by atoms with Crippen LogP contribution in [0.2, 0.25) is 0 Å². The van der Waals surface area contributed by atoms with Gasteiger partial charge in [0.05, 0.1) is 5.60 Å². The molecule has 0 spiro atoms. The molecule has 8 atom stereocenters. The summed E-state index contributed by atoms with van der Waals surface area (Å²) in [5.74, 6) is 2.49. The summed E-state index contributed by atoms with van der Waals surface area (Å²) in [4.78, 5) is 0. The van der Waals surface area contributed by atoms with Crippen LogP contribution in [0.3, 0.4) is 0 Å². The normalized spacial score (nSPS) is 47.1. The van der Waals surface area contributed by atoms with Gasteiger partial charge < -0.3 is 10.2 Å². The van der Waals surface area contributed by atoms with Crippen molar-refractivity contribution in [3.05, 3.63) is 11.6 Å². The van der Waals surface area contributed by atoms with E-state index in [1.807, 2.05) is 6.92 Å². The van der Waals surface area contributed by atoms with Crippen molar-refractivity contribution in [1.29, 1.82) is 0 Å². The average Bonchev–Trinajstić information content (AvgIpc) is 2.98. The van der Waals surface area contributed by atoms with E-state index < -0.39 is 17.9 Å². The van der Waals surface area contributed by atoms with Crippen molar-refractivity contribution in [3.8, 4) is 0 Å². The van der Waals surface area contributed by atoms with Gasteiger partial charge in [-0.25, -0.2) is 0 Å². The first-order chi connectivity index (χ1) is 13.9. The van der Waals surface area contributed by atoms with Gasteiger partial charge in [-0.05, 0) is 106 Å². The van der Waals surface area contributed by atoms with Gasteiger partial charge in [-0.2, -0.15) is 13.2 Å². The summed E-state index contributed by atoms with van der Waals surface area (Å²) in [6.07, 6.45) is 5.39. The van der Waals surface area contributed by atoms with Gasteiger partial charge in [0.1, 0.15) is 6.10 Å². The molecule has 0 bridgehead atoms. The molecule has 3 saturated carbocycles. The third kappa shape index (κ3) is 3.76. The predicted molar refractivity (Wildman–Crippen MR) is 112 cm³/mol. The van der Waals surface area contributed by atoms with Crippen LogP contribution >= 0.6 is 0 Å². The molecule has 0 aromatic carbocycles. The molecule has 3 fully saturated rings. The van der Waals surface area contributed by atoms with Crippen molar-refractivity contribution >= 4 is 0 Å². The molecule has 0 aromatic heterocycles. The Balaban J connectivity index is 1.44. The lowest BCUT2D eigenvalue weighted by molar-refractivity contribution is -0.205.